The van der Waals surface area contributed by atoms with Gasteiger partial charge < -0.3 is 9.80 Å². The Morgan fingerprint density at radius 1 is 0.848 bits per heavy atom. The molecule has 0 aliphatic carbocycles. The Kier molecular flexibility index (Phi) is 5.56. The maximum absolute atomic E-state index is 13.3. The molecule has 8 heteroatoms. The summed E-state index contributed by atoms with van der Waals surface area (Å²) in [7, 11) is 0. The van der Waals surface area contributed by atoms with E-state index in [9.17, 15) is 14.0 Å². The van der Waals surface area contributed by atoms with Crippen molar-refractivity contribution < 1.29 is 14.0 Å². The molecule has 0 bridgehead atoms. The number of imidazole rings is 1. The van der Waals surface area contributed by atoms with Crippen LogP contribution < -0.4 is 0 Å². The summed E-state index contributed by atoms with van der Waals surface area (Å²) in [5.74, 6) is -0.827. The number of rotatable bonds is 3. The Morgan fingerprint density at radius 2 is 1.52 bits per heavy atom. The fraction of sp³-hybridized carbons (Fsp3) is 0.160. The van der Waals surface area contributed by atoms with E-state index in [4.69, 9.17) is 11.6 Å². The number of hydrogen-bond acceptors (Lipinski definition) is 3. The molecule has 4 aromatic rings. The van der Waals surface area contributed by atoms with E-state index in [-0.39, 0.29) is 22.4 Å². The maximum atomic E-state index is 13.3. The van der Waals surface area contributed by atoms with Crippen molar-refractivity contribution in [3.05, 3.63) is 95.0 Å². The summed E-state index contributed by atoms with van der Waals surface area (Å²) in [5.41, 5.74) is 3.68. The van der Waals surface area contributed by atoms with E-state index in [0.29, 0.717) is 31.7 Å². The molecule has 0 saturated carbocycles. The number of amides is 2. The highest BCUT2D eigenvalue weighted by Crippen LogP contribution is 2.21. The fourth-order valence-corrected chi connectivity index (χ4v) is 4.31. The molecular weight excluding hydrogens is 443 g/mol. The van der Waals surface area contributed by atoms with Crippen molar-refractivity contribution in [3.63, 3.8) is 0 Å². The van der Waals surface area contributed by atoms with Crippen LogP contribution in [0.15, 0.2) is 73.1 Å². The van der Waals surface area contributed by atoms with Crippen molar-refractivity contribution in [2.24, 2.45) is 0 Å². The van der Waals surface area contributed by atoms with Gasteiger partial charge in [-0.3, -0.25) is 14.2 Å². The van der Waals surface area contributed by atoms with Crippen LogP contribution in [0.5, 0.6) is 0 Å². The van der Waals surface area contributed by atoms with Gasteiger partial charge in [-0.2, -0.15) is 0 Å². The van der Waals surface area contributed by atoms with Gasteiger partial charge in [0.2, 0.25) is 0 Å². The number of para-hydroxylation sites is 2. The first-order valence-electron chi connectivity index (χ1n) is 10.6. The molecule has 0 radical (unpaired) electrons. The Bertz CT molecular complexity index is 1340. The highest BCUT2D eigenvalue weighted by Gasteiger charge is 2.26. The van der Waals surface area contributed by atoms with Crippen molar-refractivity contribution in [1.82, 2.24) is 19.4 Å². The fourth-order valence-electron chi connectivity index (χ4n) is 4.06. The minimum Gasteiger partial charge on any atom is -0.335 e. The van der Waals surface area contributed by atoms with E-state index in [1.54, 1.807) is 16.1 Å². The third kappa shape index (κ3) is 4.07. The van der Waals surface area contributed by atoms with Gasteiger partial charge in [-0.25, -0.2) is 9.37 Å². The van der Waals surface area contributed by atoms with Gasteiger partial charge in [0.1, 0.15) is 12.1 Å². The van der Waals surface area contributed by atoms with Gasteiger partial charge in [0, 0.05) is 37.4 Å². The van der Waals surface area contributed by atoms with Crippen LogP contribution in [0.1, 0.15) is 20.7 Å². The van der Waals surface area contributed by atoms with Crippen LogP contribution in [0.3, 0.4) is 0 Å². The lowest BCUT2D eigenvalue weighted by molar-refractivity contribution is 0.0535. The Morgan fingerprint density at radius 3 is 2.21 bits per heavy atom. The molecule has 0 unspecified atom stereocenters. The summed E-state index contributed by atoms with van der Waals surface area (Å²) in [4.78, 5) is 33.5. The van der Waals surface area contributed by atoms with E-state index in [1.807, 2.05) is 53.1 Å². The summed E-state index contributed by atoms with van der Waals surface area (Å²) < 4.78 is 15.3. The number of nitrogens with zero attached hydrogens (tertiary/aromatic N) is 4. The predicted octanol–water partition coefficient (Wildman–Crippen LogP) is 4.42. The van der Waals surface area contributed by atoms with Crippen LogP contribution in [0, 0.1) is 5.82 Å². The van der Waals surface area contributed by atoms with Gasteiger partial charge in [0.15, 0.2) is 0 Å². The summed E-state index contributed by atoms with van der Waals surface area (Å²) in [6.45, 7) is 1.60. The predicted molar refractivity (Wildman–Crippen MR) is 124 cm³/mol. The Balaban J connectivity index is 1.25. The maximum Gasteiger partial charge on any atom is 0.255 e. The Labute approximate surface area is 194 Å². The third-order valence-corrected chi connectivity index (χ3v) is 6.17. The number of piperazine rings is 1. The van der Waals surface area contributed by atoms with Crippen LogP contribution >= 0.6 is 11.6 Å². The molecule has 5 rings (SSSR count). The van der Waals surface area contributed by atoms with Crippen molar-refractivity contribution >= 4 is 34.4 Å². The standard InChI is InChI=1S/C25H20ClFN4O2/c26-21-15-18(27)7-10-20(21)25(33)30-13-11-29(12-14-30)24(32)17-5-8-19(9-6-17)31-16-28-22-3-1-2-4-23(22)31/h1-10,15-16H,11-14H2. The van der Waals surface area contributed by atoms with Crippen LogP contribution in [-0.4, -0.2) is 57.3 Å². The SMILES string of the molecule is O=C(c1ccc(-n2cnc3ccccc32)cc1)N1CCN(C(=O)c2ccc(F)cc2Cl)CC1. The lowest BCUT2D eigenvalue weighted by Gasteiger charge is -2.35. The second-order valence-corrected chi connectivity index (χ2v) is 8.27. The monoisotopic (exact) mass is 462 g/mol. The van der Waals surface area contributed by atoms with Gasteiger partial charge in [0.05, 0.1) is 21.6 Å². The number of hydrogen-bond donors (Lipinski definition) is 0. The molecule has 33 heavy (non-hydrogen) atoms. The minimum absolute atomic E-state index is 0.0797. The molecule has 0 atom stereocenters. The molecular formula is C25H20ClFN4O2. The molecule has 1 fully saturated rings. The average molecular weight is 463 g/mol. The van der Waals surface area contributed by atoms with E-state index >= 15 is 0 Å². The van der Waals surface area contributed by atoms with E-state index < -0.39 is 5.82 Å². The molecule has 1 aromatic heterocycles. The molecule has 1 aliphatic rings. The first kappa shape index (κ1) is 21.2. The van der Waals surface area contributed by atoms with Gasteiger partial charge >= 0.3 is 0 Å². The number of fused-ring (bicyclic) bond motifs is 1. The molecule has 0 spiro atoms. The summed E-state index contributed by atoms with van der Waals surface area (Å²) >= 11 is 6.03. The van der Waals surface area contributed by atoms with Crippen molar-refractivity contribution in [1.29, 1.82) is 0 Å². The first-order valence-corrected chi connectivity index (χ1v) is 11.0. The van der Waals surface area contributed by atoms with E-state index in [2.05, 4.69) is 4.98 Å². The zero-order valence-electron chi connectivity index (χ0n) is 17.6. The molecule has 6 nitrogen and oxygen atoms in total. The summed E-state index contributed by atoms with van der Waals surface area (Å²) in [6, 6.07) is 19.0. The summed E-state index contributed by atoms with van der Waals surface area (Å²) in [6.07, 6.45) is 1.77. The topological polar surface area (TPSA) is 58.4 Å². The van der Waals surface area contributed by atoms with Crippen molar-refractivity contribution in [3.8, 4) is 5.69 Å². The van der Waals surface area contributed by atoms with E-state index in [1.165, 1.54) is 12.1 Å². The zero-order chi connectivity index (χ0) is 22.9. The van der Waals surface area contributed by atoms with Crippen LogP contribution in [-0.2, 0) is 0 Å². The van der Waals surface area contributed by atoms with Crippen LogP contribution in [0.4, 0.5) is 4.39 Å². The first-order chi connectivity index (χ1) is 16.0. The number of benzene rings is 3. The van der Waals surface area contributed by atoms with Gasteiger partial charge in [-0.15, -0.1) is 0 Å². The second-order valence-electron chi connectivity index (χ2n) is 7.86. The van der Waals surface area contributed by atoms with Crippen molar-refractivity contribution in [2.45, 2.75) is 0 Å². The largest absolute Gasteiger partial charge is 0.335 e. The smallest absolute Gasteiger partial charge is 0.255 e. The molecule has 1 saturated heterocycles. The minimum atomic E-state index is -0.487. The molecule has 1 aliphatic heterocycles. The second kappa shape index (κ2) is 8.67. The average Bonchev–Trinajstić information content (AvgIpc) is 3.28. The van der Waals surface area contributed by atoms with Gasteiger partial charge in [0.25, 0.3) is 11.8 Å². The number of carbonyl (C=O) groups excluding carboxylic acids is 2. The molecule has 0 N–H and O–H groups in total. The number of halogens is 2. The molecule has 166 valence electrons. The lowest BCUT2D eigenvalue weighted by Crippen LogP contribution is -2.50. The van der Waals surface area contributed by atoms with Gasteiger partial charge in [-0.05, 0) is 54.6 Å². The van der Waals surface area contributed by atoms with E-state index in [0.717, 1.165) is 22.8 Å². The van der Waals surface area contributed by atoms with Crippen LogP contribution in [0.25, 0.3) is 16.7 Å². The zero-order valence-corrected chi connectivity index (χ0v) is 18.4. The van der Waals surface area contributed by atoms with Gasteiger partial charge in [-0.1, -0.05) is 23.7 Å². The number of aromatic nitrogens is 2. The molecule has 3 aromatic carbocycles. The highest BCUT2D eigenvalue weighted by molar-refractivity contribution is 6.33. The highest BCUT2D eigenvalue weighted by atomic mass is 35.5. The normalized spacial score (nSPS) is 14.0. The molecule has 2 amide bonds. The Hall–Kier alpha value is -3.71. The lowest BCUT2D eigenvalue weighted by atomic mass is 10.1. The quantitative estimate of drug-likeness (QED) is 0.453. The summed E-state index contributed by atoms with van der Waals surface area (Å²) in [5, 5.41) is 0.0873. The third-order valence-electron chi connectivity index (χ3n) is 5.86. The van der Waals surface area contributed by atoms with Crippen LogP contribution in [0.2, 0.25) is 5.02 Å². The van der Waals surface area contributed by atoms with Crippen molar-refractivity contribution in [2.75, 3.05) is 26.2 Å². The number of carbonyl (C=O) groups is 2. The molecule has 2 heterocycles.